The van der Waals surface area contributed by atoms with Crippen molar-refractivity contribution >= 4 is 62.8 Å². The number of hydrogen-bond donors (Lipinski definition) is 4. The number of anilines is 2. The predicted octanol–water partition coefficient (Wildman–Crippen LogP) is 5.15. The summed E-state index contributed by atoms with van der Waals surface area (Å²) in [4.78, 5) is 31.8. The van der Waals surface area contributed by atoms with Gasteiger partial charge in [0.1, 0.15) is 22.7 Å². The second-order valence-corrected chi connectivity index (χ2v) is 10.1. The zero-order chi connectivity index (χ0) is 26.1. The lowest BCUT2D eigenvalue weighted by Crippen LogP contribution is -2.41. The number of thiophene rings is 1. The van der Waals surface area contributed by atoms with Crippen LogP contribution in [0.25, 0.3) is 0 Å². The van der Waals surface area contributed by atoms with Crippen LogP contribution in [-0.2, 0) is 4.79 Å². The SMILES string of the molecule is CC(=N)N1C(=N)C(CC(=O)Nc2ccc(C(N)=O)cc2)N=C(c2ccc(Cl)cc2)c2c1sc(C)c2C. The fourth-order valence-electron chi connectivity index (χ4n) is 3.99. The number of benzene rings is 2. The van der Waals surface area contributed by atoms with Gasteiger partial charge < -0.3 is 11.1 Å². The molecule has 2 heterocycles. The number of carbonyl (C=O) groups excluding carboxylic acids is 2. The number of rotatable bonds is 5. The normalized spacial score (nSPS) is 15.1. The van der Waals surface area contributed by atoms with Crippen LogP contribution < -0.4 is 16.0 Å². The van der Waals surface area contributed by atoms with E-state index in [0.717, 1.165) is 26.6 Å². The predicted molar refractivity (Wildman–Crippen MR) is 146 cm³/mol. The van der Waals surface area contributed by atoms with E-state index >= 15 is 0 Å². The first kappa shape index (κ1) is 25.3. The molecular formula is C26H25ClN6O2S. The summed E-state index contributed by atoms with van der Waals surface area (Å²) < 4.78 is 0. The maximum Gasteiger partial charge on any atom is 0.248 e. The summed E-state index contributed by atoms with van der Waals surface area (Å²) in [5.74, 6) is -0.684. The molecule has 0 bridgehead atoms. The average molecular weight is 521 g/mol. The molecule has 5 N–H and O–H groups in total. The zero-order valence-corrected chi connectivity index (χ0v) is 21.6. The first-order valence-corrected chi connectivity index (χ1v) is 12.3. The lowest BCUT2D eigenvalue weighted by atomic mass is 9.99. The third-order valence-electron chi connectivity index (χ3n) is 5.93. The molecule has 1 aliphatic rings. The monoisotopic (exact) mass is 520 g/mol. The summed E-state index contributed by atoms with van der Waals surface area (Å²) in [6.07, 6.45) is -0.107. The van der Waals surface area contributed by atoms with Crippen molar-refractivity contribution in [3.8, 4) is 0 Å². The molecule has 1 aliphatic heterocycles. The van der Waals surface area contributed by atoms with Crippen molar-refractivity contribution in [2.75, 3.05) is 10.2 Å². The minimum Gasteiger partial charge on any atom is -0.366 e. The smallest absolute Gasteiger partial charge is 0.248 e. The van der Waals surface area contributed by atoms with Gasteiger partial charge in [0.05, 0.1) is 12.1 Å². The molecule has 3 aromatic rings. The molecule has 4 rings (SSSR count). The van der Waals surface area contributed by atoms with Gasteiger partial charge in [-0.25, -0.2) is 0 Å². The molecule has 10 heteroatoms. The molecule has 0 spiro atoms. The molecule has 0 aliphatic carbocycles. The van der Waals surface area contributed by atoms with Crippen molar-refractivity contribution < 1.29 is 9.59 Å². The van der Waals surface area contributed by atoms with Crippen molar-refractivity contribution in [3.63, 3.8) is 0 Å². The van der Waals surface area contributed by atoms with E-state index in [1.807, 2.05) is 26.0 Å². The number of hydrogen-bond acceptors (Lipinski definition) is 6. The Kier molecular flexibility index (Phi) is 7.05. The third-order valence-corrected chi connectivity index (χ3v) is 7.38. The molecule has 184 valence electrons. The second-order valence-electron chi connectivity index (χ2n) is 8.46. The summed E-state index contributed by atoms with van der Waals surface area (Å²) in [6.45, 7) is 5.62. The summed E-state index contributed by atoms with van der Waals surface area (Å²) in [5, 5.41) is 21.5. The number of aryl methyl sites for hydroxylation is 1. The molecule has 1 unspecified atom stereocenters. The van der Waals surface area contributed by atoms with E-state index in [4.69, 9.17) is 33.1 Å². The summed E-state index contributed by atoms with van der Waals surface area (Å²) in [5.41, 5.74) is 9.44. The summed E-state index contributed by atoms with van der Waals surface area (Å²) in [6, 6.07) is 12.7. The Bertz CT molecular complexity index is 1410. The van der Waals surface area contributed by atoms with Crippen molar-refractivity contribution in [1.82, 2.24) is 0 Å². The van der Waals surface area contributed by atoms with Crippen molar-refractivity contribution in [1.29, 1.82) is 10.8 Å². The van der Waals surface area contributed by atoms with Crippen molar-refractivity contribution in [2.45, 2.75) is 33.2 Å². The van der Waals surface area contributed by atoms with Crippen LogP contribution in [-0.4, -0.2) is 35.2 Å². The molecule has 2 amide bonds. The second kappa shape index (κ2) is 10.0. The quantitative estimate of drug-likeness (QED) is 0.273. The zero-order valence-electron chi connectivity index (χ0n) is 20.0. The van der Waals surface area contributed by atoms with Crippen LogP contribution in [0.5, 0.6) is 0 Å². The topological polar surface area (TPSA) is 135 Å². The number of nitrogens with one attached hydrogen (secondary N) is 3. The Hall–Kier alpha value is -3.82. The van der Waals surface area contributed by atoms with Gasteiger partial charge in [0, 0.05) is 32.3 Å². The number of primary amides is 1. The number of aliphatic imine (C=N–C) groups is 1. The number of amidine groups is 2. The number of carbonyl (C=O) groups is 2. The highest BCUT2D eigenvalue weighted by Crippen LogP contribution is 2.40. The fourth-order valence-corrected chi connectivity index (χ4v) is 5.34. The average Bonchev–Trinajstić information content (AvgIpc) is 3.04. The highest BCUT2D eigenvalue weighted by atomic mass is 35.5. The van der Waals surface area contributed by atoms with Gasteiger partial charge in [0.15, 0.2) is 0 Å². The van der Waals surface area contributed by atoms with Gasteiger partial charge in [-0.1, -0.05) is 23.7 Å². The number of nitrogens with two attached hydrogens (primary N) is 1. The Morgan fingerprint density at radius 2 is 1.78 bits per heavy atom. The van der Waals surface area contributed by atoms with Crippen LogP contribution in [0.2, 0.25) is 5.02 Å². The molecular weight excluding hydrogens is 496 g/mol. The van der Waals surface area contributed by atoms with Crippen LogP contribution in [0, 0.1) is 24.7 Å². The van der Waals surface area contributed by atoms with E-state index in [2.05, 4.69) is 5.32 Å². The molecule has 36 heavy (non-hydrogen) atoms. The summed E-state index contributed by atoms with van der Waals surface area (Å²) >= 11 is 7.62. The van der Waals surface area contributed by atoms with E-state index in [9.17, 15) is 9.59 Å². The van der Waals surface area contributed by atoms with Gasteiger partial charge in [-0.2, -0.15) is 0 Å². The van der Waals surface area contributed by atoms with Gasteiger partial charge in [0.25, 0.3) is 0 Å². The largest absolute Gasteiger partial charge is 0.366 e. The summed E-state index contributed by atoms with van der Waals surface area (Å²) in [7, 11) is 0. The van der Waals surface area contributed by atoms with E-state index in [1.165, 1.54) is 23.5 Å². The van der Waals surface area contributed by atoms with Crippen LogP contribution in [0.4, 0.5) is 10.7 Å². The Labute approximate surface area is 217 Å². The number of nitrogens with zero attached hydrogens (tertiary/aromatic N) is 2. The van der Waals surface area contributed by atoms with Gasteiger partial charge in [-0.15, -0.1) is 11.3 Å². The number of amides is 2. The first-order valence-electron chi connectivity index (χ1n) is 11.1. The van der Waals surface area contributed by atoms with Crippen LogP contribution in [0.15, 0.2) is 53.5 Å². The molecule has 0 fully saturated rings. The number of halogens is 1. The molecule has 1 aromatic heterocycles. The van der Waals surface area contributed by atoms with Crippen molar-refractivity contribution in [3.05, 3.63) is 80.7 Å². The highest BCUT2D eigenvalue weighted by Gasteiger charge is 2.34. The Balaban J connectivity index is 1.74. The maximum absolute atomic E-state index is 13.0. The van der Waals surface area contributed by atoms with Gasteiger partial charge in [-0.05, 0) is 62.7 Å². The highest BCUT2D eigenvalue weighted by molar-refractivity contribution is 7.17. The van der Waals surface area contributed by atoms with Crippen LogP contribution in [0.3, 0.4) is 0 Å². The molecule has 2 aromatic carbocycles. The minimum atomic E-state index is -0.833. The molecule has 0 saturated heterocycles. The Morgan fingerprint density at radius 3 is 2.36 bits per heavy atom. The van der Waals surface area contributed by atoms with Gasteiger partial charge >= 0.3 is 0 Å². The van der Waals surface area contributed by atoms with E-state index in [0.29, 0.717) is 22.0 Å². The molecule has 0 saturated carbocycles. The van der Waals surface area contributed by atoms with E-state index in [1.54, 1.807) is 36.1 Å². The molecule has 8 nitrogen and oxygen atoms in total. The van der Waals surface area contributed by atoms with Crippen molar-refractivity contribution in [2.24, 2.45) is 10.7 Å². The maximum atomic E-state index is 13.0. The first-order chi connectivity index (χ1) is 17.1. The fraction of sp³-hybridized carbons (Fsp3) is 0.192. The lowest BCUT2D eigenvalue weighted by molar-refractivity contribution is -0.116. The molecule has 1 atom stereocenters. The van der Waals surface area contributed by atoms with Gasteiger partial charge in [0.2, 0.25) is 11.8 Å². The number of fused-ring (bicyclic) bond motifs is 1. The third kappa shape index (κ3) is 4.93. The Morgan fingerprint density at radius 1 is 1.14 bits per heavy atom. The van der Waals surface area contributed by atoms with E-state index < -0.39 is 11.9 Å². The van der Waals surface area contributed by atoms with Crippen LogP contribution >= 0.6 is 22.9 Å². The minimum absolute atomic E-state index is 0.0492. The van der Waals surface area contributed by atoms with Crippen LogP contribution in [0.1, 0.15) is 45.3 Å². The molecule has 0 radical (unpaired) electrons. The standard InChI is InChI=1S/C26H25ClN6O2S/c1-13-14(2)36-26-22(13)23(16-4-8-18(27)9-5-16)32-20(24(29)33(26)15(3)28)12-21(34)31-19-10-6-17(7-11-19)25(30)35/h4-11,20,28-29H,12H2,1-3H3,(H2,30,35)(H,31,34). The van der Waals surface area contributed by atoms with Gasteiger partial charge in [-0.3, -0.25) is 30.3 Å². The lowest BCUT2D eigenvalue weighted by Gasteiger charge is -2.24. The van der Waals surface area contributed by atoms with E-state index in [-0.39, 0.29) is 24.0 Å².